The third-order valence-corrected chi connectivity index (χ3v) is 3.84. The molecule has 0 radical (unpaired) electrons. The van der Waals surface area contributed by atoms with Crippen molar-refractivity contribution in [3.8, 4) is 0 Å². The van der Waals surface area contributed by atoms with Crippen LogP contribution in [0.4, 0.5) is 0 Å². The third kappa shape index (κ3) is 4.34. The van der Waals surface area contributed by atoms with Crippen molar-refractivity contribution in [3.63, 3.8) is 0 Å². The first-order valence-corrected chi connectivity index (χ1v) is 6.44. The molecule has 0 aromatic heterocycles. The maximum atomic E-state index is 8.87. The molecule has 1 aliphatic heterocycles. The van der Waals surface area contributed by atoms with Gasteiger partial charge in [-0.1, -0.05) is 13.3 Å². The normalized spacial score (nSPS) is 19.8. The van der Waals surface area contributed by atoms with Gasteiger partial charge in [-0.25, -0.2) is 0 Å². The first kappa shape index (κ1) is 11.3. The molecule has 3 heteroatoms. The molecule has 1 aliphatic rings. The zero-order valence-corrected chi connectivity index (χ0v) is 9.28. The zero-order chi connectivity index (χ0) is 9.52. The fourth-order valence-corrected chi connectivity index (χ4v) is 2.33. The van der Waals surface area contributed by atoms with Gasteiger partial charge in [0.15, 0.2) is 0 Å². The second-order valence-corrected chi connectivity index (χ2v) is 4.88. The minimum Gasteiger partial charge on any atom is -0.396 e. The average Bonchev–Trinajstić information content (AvgIpc) is 2.02. The highest BCUT2D eigenvalue weighted by atomic mass is 32.2. The number of rotatable bonds is 7. The Hall–Kier alpha value is 0.270. The lowest BCUT2D eigenvalue weighted by Gasteiger charge is -2.28. The van der Waals surface area contributed by atoms with Crippen LogP contribution in [0, 0.1) is 5.92 Å². The molecule has 1 rings (SSSR count). The quantitative estimate of drug-likeness (QED) is 0.657. The highest BCUT2D eigenvalue weighted by molar-refractivity contribution is 8.00. The summed E-state index contributed by atoms with van der Waals surface area (Å²) >= 11 is 2.01. The Morgan fingerprint density at radius 1 is 1.46 bits per heavy atom. The van der Waals surface area contributed by atoms with E-state index in [2.05, 4.69) is 12.2 Å². The van der Waals surface area contributed by atoms with Gasteiger partial charge in [0.1, 0.15) is 0 Å². The van der Waals surface area contributed by atoms with E-state index < -0.39 is 0 Å². The van der Waals surface area contributed by atoms with Crippen molar-refractivity contribution in [2.45, 2.75) is 32.2 Å². The van der Waals surface area contributed by atoms with Crippen molar-refractivity contribution in [2.75, 3.05) is 24.7 Å². The Balaban J connectivity index is 2.05. The van der Waals surface area contributed by atoms with Gasteiger partial charge in [0.25, 0.3) is 0 Å². The Morgan fingerprint density at radius 2 is 2.23 bits per heavy atom. The summed E-state index contributed by atoms with van der Waals surface area (Å²) in [7, 11) is 0. The second-order valence-electron chi connectivity index (χ2n) is 3.81. The topological polar surface area (TPSA) is 32.3 Å². The van der Waals surface area contributed by atoms with E-state index in [1.807, 2.05) is 11.8 Å². The lowest BCUT2D eigenvalue weighted by atomic mass is 10.00. The Kier molecular flexibility index (Phi) is 5.83. The molecule has 0 spiro atoms. The van der Waals surface area contributed by atoms with Gasteiger partial charge < -0.3 is 10.4 Å². The van der Waals surface area contributed by atoms with Gasteiger partial charge in [0, 0.05) is 24.2 Å². The maximum absolute atomic E-state index is 8.87. The highest BCUT2D eigenvalue weighted by Gasteiger charge is 2.18. The summed E-state index contributed by atoms with van der Waals surface area (Å²) in [5.74, 6) is 3.23. The number of aliphatic hydroxyl groups excluding tert-OH is 1. The van der Waals surface area contributed by atoms with Crippen molar-refractivity contribution in [3.05, 3.63) is 0 Å². The molecule has 2 N–H and O–H groups in total. The van der Waals surface area contributed by atoms with Crippen LogP contribution < -0.4 is 5.32 Å². The molecule has 1 heterocycles. The summed E-state index contributed by atoms with van der Waals surface area (Å²) in [6.45, 7) is 3.65. The maximum Gasteiger partial charge on any atom is 0.0434 e. The van der Waals surface area contributed by atoms with Crippen molar-refractivity contribution in [1.29, 1.82) is 0 Å². The summed E-state index contributed by atoms with van der Waals surface area (Å²) in [5.41, 5.74) is 0. The number of aliphatic hydroxyl groups is 1. The summed E-state index contributed by atoms with van der Waals surface area (Å²) in [6.07, 6.45) is 3.43. The largest absolute Gasteiger partial charge is 0.396 e. The van der Waals surface area contributed by atoms with Crippen molar-refractivity contribution >= 4 is 11.8 Å². The van der Waals surface area contributed by atoms with E-state index in [0.29, 0.717) is 12.5 Å². The minimum absolute atomic E-state index is 0.339. The molecule has 13 heavy (non-hydrogen) atoms. The Morgan fingerprint density at radius 3 is 2.69 bits per heavy atom. The van der Waals surface area contributed by atoms with E-state index in [-0.39, 0.29) is 0 Å². The van der Waals surface area contributed by atoms with Gasteiger partial charge in [-0.05, 0) is 25.3 Å². The molecule has 1 fully saturated rings. The van der Waals surface area contributed by atoms with Crippen molar-refractivity contribution in [2.24, 2.45) is 5.92 Å². The molecular weight excluding hydrogens is 182 g/mol. The summed E-state index contributed by atoms with van der Waals surface area (Å²) in [6, 6.07) is 0.753. The van der Waals surface area contributed by atoms with Gasteiger partial charge in [0.2, 0.25) is 0 Å². The van der Waals surface area contributed by atoms with E-state index in [0.717, 1.165) is 19.0 Å². The van der Waals surface area contributed by atoms with Gasteiger partial charge in [-0.3, -0.25) is 0 Å². The molecule has 1 saturated heterocycles. The van der Waals surface area contributed by atoms with Gasteiger partial charge in [-0.2, -0.15) is 11.8 Å². The fourth-order valence-electron chi connectivity index (χ4n) is 1.63. The molecule has 0 amide bonds. The van der Waals surface area contributed by atoms with Gasteiger partial charge >= 0.3 is 0 Å². The van der Waals surface area contributed by atoms with Crippen LogP contribution in [0.15, 0.2) is 0 Å². The molecule has 1 atom stereocenters. The summed E-state index contributed by atoms with van der Waals surface area (Å²) in [5, 5.41) is 12.4. The predicted molar refractivity (Wildman–Crippen MR) is 59.2 cm³/mol. The van der Waals surface area contributed by atoms with Crippen LogP contribution in [0.2, 0.25) is 0 Å². The minimum atomic E-state index is 0.339. The van der Waals surface area contributed by atoms with Crippen LogP contribution in [0.3, 0.4) is 0 Å². The first-order chi connectivity index (χ1) is 6.36. The summed E-state index contributed by atoms with van der Waals surface area (Å²) < 4.78 is 0. The SMILES string of the molecule is CCCC(CCO)CNC1CSC1. The third-order valence-electron chi connectivity index (χ3n) is 2.57. The Bertz CT molecular complexity index is 122. The van der Waals surface area contributed by atoms with E-state index in [1.54, 1.807) is 0 Å². The molecule has 0 aromatic carbocycles. The monoisotopic (exact) mass is 203 g/mol. The first-order valence-electron chi connectivity index (χ1n) is 5.28. The van der Waals surface area contributed by atoms with Crippen LogP contribution in [0.5, 0.6) is 0 Å². The lowest BCUT2D eigenvalue weighted by Crippen LogP contribution is -2.42. The van der Waals surface area contributed by atoms with Gasteiger partial charge in [0.05, 0.1) is 0 Å². The van der Waals surface area contributed by atoms with Gasteiger partial charge in [-0.15, -0.1) is 0 Å². The van der Waals surface area contributed by atoms with E-state index in [4.69, 9.17) is 5.11 Å². The number of nitrogens with one attached hydrogen (secondary N) is 1. The van der Waals surface area contributed by atoms with E-state index >= 15 is 0 Å². The van der Waals surface area contributed by atoms with Crippen LogP contribution in [0.1, 0.15) is 26.2 Å². The molecule has 0 aromatic rings. The smallest absolute Gasteiger partial charge is 0.0434 e. The number of hydrogen-bond donors (Lipinski definition) is 2. The number of thioether (sulfide) groups is 1. The molecule has 78 valence electrons. The predicted octanol–water partition coefficient (Wildman–Crippen LogP) is 1.49. The highest BCUT2D eigenvalue weighted by Crippen LogP contribution is 2.18. The molecular formula is C10H21NOS. The van der Waals surface area contributed by atoms with Crippen molar-refractivity contribution < 1.29 is 5.11 Å². The molecule has 0 saturated carbocycles. The van der Waals surface area contributed by atoms with Crippen LogP contribution in [-0.2, 0) is 0 Å². The average molecular weight is 203 g/mol. The zero-order valence-electron chi connectivity index (χ0n) is 8.46. The molecule has 0 bridgehead atoms. The van der Waals surface area contributed by atoms with Crippen LogP contribution >= 0.6 is 11.8 Å². The summed E-state index contributed by atoms with van der Waals surface area (Å²) in [4.78, 5) is 0. The lowest BCUT2D eigenvalue weighted by molar-refractivity contribution is 0.246. The van der Waals surface area contributed by atoms with Crippen LogP contribution in [-0.4, -0.2) is 35.8 Å². The Labute approximate surface area is 85.5 Å². The molecule has 1 unspecified atom stereocenters. The standard InChI is InChI=1S/C10H21NOS/c1-2-3-9(4-5-12)6-11-10-7-13-8-10/h9-12H,2-8H2,1H3. The number of hydrogen-bond acceptors (Lipinski definition) is 3. The molecule has 0 aliphatic carbocycles. The van der Waals surface area contributed by atoms with E-state index in [1.165, 1.54) is 24.3 Å². The fraction of sp³-hybridized carbons (Fsp3) is 1.00. The van der Waals surface area contributed by atoms with E-state index in [9.17, 15) is 0 Å². The van der Waals surface area contributed by atoms with Crippen LogP contribution in [0.25, 0.3) is 0 Å². The molecule has 2 nitrogen and oxygen atoms in total. The second kappa shape index (κ2) is 6.68. The van der Waals surface area contributed by atoms with Crippen molar-refractivity contribution in [1.82, 2.24) is 5.32 Å².